The highest BCUT2D eigenvalue weighted by molar-refractivity contribution is 5.70. The highest BCUT2D eigenvalue weighted by Crippen LogP contribution is 2.30. The molecule has 0 heterocycles. The maximum atomic E-state index is 2.29. The van der Waals surface area contributed by atoms with Gasteiger partial charge in [-0.05, 0) is 47.9 Å². The summed E-state index contributed by atoms with van der Waals surface area (Å²) < 4.78 is 0. The molecule has 0 spiro atoms. The predicted octanol–water partition coefficient (Wildman–Crippen LogP) is 4.62. The standard InChI is InChI=1S/C17H18/c1-2-8-14-10-4-6-12-16(14)17-13-7-5-11-15(17)9-3-1/h4-7,10-13H,1-3,8-9H2. The molecule has 0 saturated carbocycles. The average molecular weight is 222 g/mol. The zero-order chi connectivity index (χ0) is 11.5. The van der Waals surface area contributed by atoms with E-state index in [1.807, 2.05) is 0 Å². The molecule has 0 atom stereocenters. The van der Waals surface area contributed by atoms with Gasteiger partial charge in [0.05, 0.1) is 0 Å². The molecule has 0 N–H and O–H groups in total. The molecule has 3 rings (SSSR count). The van der Waals surface area contributed by atoms with Crippen LogP contribution in [-0.4, -0.2) is 0 Å². The van der Waals surface area contributed by atoms with Crippen molar-refractivity contribution in [2.24, 2.45) is 0 Å². The van der Waals surface area contributed by atoms with E-state index in [1.54, 1.807) is 0 Å². The predicted molar refractivity (Wildman–Crippen MR) is 73.1 cm³/mol. The quantitative estimate of drug-likeness (QED) is 0.610. The van der Waals surface area contributed by atoms with E-state index in [4.69, 9.17) is 0 Å². The largest absolute Gasteiger partial charge is 0.0620 e. The van der Waals surface area contributed by atoms with E-state index >= 15 is 0 Å². The van der Waals surface area contributed by atoms with E-state index in [1.165, 1.54) is 54.4 Å². The van der Waals surface area contributed by atoms with E-state index in [2.05, 4.69) is 48.5 Å². The van der Waals surface area contributed by atoms with Gasteiger partial charge in [-0.3, -0.25) is 0 Å². The lowest BCUT2D eigenvalue weighted by Crippen LogP contribution is -1.91. The summed E-state index contributed by atoms with van der Waals surface area (Å²) in [6, 6.07) is 17.8. The smallest absolute Gasteiger partial charge is 0.0149 e. The third kappa shape index (κ3) is 2.12. The zero-order valence-corrected chi connectivity index (χ0v) is 10.2. The van der Waals surface area contributed by atoms with Gasteiger partial charge in [0.2, 0.25) is 0 Å². The Hall–Kier alpha value is -1.56. The molecule has 0 heteroatoms. The van der Waals surface area contributed by atoms with Crippen molar-refractivity contribution in [3.63, 3.8) is 0 Å². The summed E-state index contributed by atoms with van der Waals surface area (Å²) in [5, 5.41) is 0. The maximum absolute atomic E-state index is 2.29. The SMILES string of the molecule is c1ccc2c(c1)CCCCCc1ccccc1-2. The highest BCUT2D eigenvalue weighted by Gasteiger charge is 2.10. The van der Waals surface area contributed by atoms with Gasteiger partial charge in [0.15, 0.2) is 0 Å². The van der Waals surface area contributed by atoms with Crippen LogP contribution in [0.1, 0.15) is 30.4 Å². The van der Waals surface area contributed by atoms with Gasteiger partial charge in [-0.15, -0.1) is 0 Å². The second-order valence-electron chi connectivity index (χ2n) is 4.87. The van der Waals surface area contributed by atoms with Crippen LogP contribution >= 0.6 is 0 Å². The second kappa shape index (κ2) is 4.75. The molecule has 1 aliphatic carbocycles. The summed E-state index contributed by atoms with van der Waals surface area (Å²) in [5.74, 6) is 0. The van der Waals surface area contributed by atoms with Crippen LogP contribution in [0.3, 0.4) is 0 Å². The molecular formula is C17H18. The third-order valence-corrected chi connectivity index (χ3v) is 3.72. The fraction of sp³-hybridized carbons (Fsp3) is 0.294. The molecule has 0 amide bonds. The Balaban J connectivity index is 2.18. The number of fused-ring (bicyclic) bond motifs is 3. The molecular weight excluding hydrogens is 204 g/mol. The lowest BCUT2D eigenvalue weighted by molar-refractivity contribution is 0.683. The van der Waals surface area contributed by atoms with Crippen LogP contribution in [0.25, 0.3) is 11.1 Å². The van der Waals surface area contributed by atoms with Gasteiger partial charge < -0.3 is 0 Å². The second-order valence-corrected chi connectivity index (χ2v) is 4.87. The minimum atomic E-state index is 1.23. The molecule has 0 aromatic heterocycles. The summed E-state index contributed by atoms with van der Waals surface area (Å²) in [6.07, 6.45) is 6.45. The Bertz CT molecular complexity index is 463. The highest BCUT2D eigenvalue weighted by atomic mass is 14.1. The van der Waals surface area contributed by atoms with Crippen molar-refractivity contribution in [2.75, 3.05) is 0 Å². The van der Waals surface area contributed by atoms with Gasteiger partial charge in [0.1, 0.15) is 0 Å². The van der Waals surface area contributed by atoms with Crippen molar-refractivity contribution in [1.82, 2.24) is 0 Å². The van der Waals surface area contributed by atoms with E-state index in [-0.39, 0.29) is 0 Å². The first-order valence-corrected chi connectivity index (χ1v) is 6.61. The number of hydrogen-bond donors (Lipinski definition) is 0. The van der Waals surface area contributed by atoms with E-state index in [0.29, 0.717) is 0 Å². The monoisotopic (exact) mass is 222 g/mol. The molecule has 0 saturated heterocycles. The zero-order valence-electron chi connectivity index (χ0n) is 10.2. The Labute approximate surface area is 103 Å². The fourth-order valence-corrected chi connectivity index (χ4v) is 2.81. The van der Waals surface area contributed by atoms with Crippen LogP contribution in [0.5, 0.6) is 0 Å². The van der Waals surface area contributed by atoms with Crippen molar-refractivity contribution in [3.8, 4) is 11.1 Å². The van der Waals surface area contributed by atoms with Gasteiger partial charge in [-0.1, -0.05) is 55.0 Å². The number of rotatable bonds is 0. The van der Waals surface area contributed by atoms with Gasteiger partial charge in [-0.2, -0.15) is 0 Å². The lowest BCUT2D eigenvalue weighted by atomic mass is 9.93. The minimum absolute atomic E-state index is 1.23. The van der Waals surface area contributed by atoms with Crippen LogP contribution < -0.4 is 0 Å². The lowest BCUT2D eigenvalue weighted by Gasteiger charge is -2.11. The topological polar surface area (TPSA) is 0 Å². The molecule has 2 aromatic carbocycles. The van der Waals surface area contributed by atoms with Gasteiger partial charge in [0, 0.05) is 0 Å². The molecule has 0 aliphatic heterocycles. The van der Waals surface area contributed by atoms with E-state index < -0.39 is 0 Å². The number of aryl methyl sites for hydroxylation is 2. The summed E-state index contributed by atoms with van der Waals surface area (Å²) in [7, 11) is 0. The molecule has 0 radical (unpaired) electrons. The summed E-state index contributed by atoms with van der Waals surface area (Å²) in [4.78, 5) is 0. The summed E-state index contributed by atoms with van der Waals surface area (Å²) >= 11 is 0. The Morgan fingerprint density at radius 2 is 1.00 bits per heavy atom. The minimum Gasteiger partial charge on any atom is -0.0620 e. The molecule has 0 bridgehead atoms. The van der Waals surface area contributed by atoms with Crippen LogP contribution in [0.2, 0.25) is 0 Å². The van der Waals surface area contributed by atoms with Crippen molar-refractivity contribution in [1.29, 1.82) is 0 Å². The van der Waals surface area contributed by atoms with Gasteiger partial charge in [0.25, 0.3) is 0 Å². The van der Waals surface area contributed by atoms with Crippen LogP contribution in [0, 0.1) is 0 Å². The fourth-order valence-electron chi connectivity index (χ4n) is 2.81. The first-order chi connectivity index (χ1) is 8.45. The van der Waals surface area contributed by atoms with Crippen LogP contribution in [-0.2, 0) is 12.8 Å². The van der Waals surface area contributed by atoms with Crippen molar-refractivity contribution in [3.05, 3.63) is 59.7 Å². The van der Waals surface area contributed by atoms with E-state index in [9.17, 15) is 0 Å². The van der Waals surface area contributed by atoms with Crippen LogP contribution in [0.4, 0.5) is 0 Å². The average Bonchev–Trinajstić information content (AvgIpc) is 2.47. The number of hydrogen-bond acceptors (Lipinski definition) is 0. The molecule has 86 valence electrons. The van der Waals surface area contributed by atoms with Crippen molar-refractivity contribution < 1.29 is 0 Å². The van der Waals surface area contributed by atoms with Crippen molar-refractivity contribution in [2.45, 2.75) is 32.1 Å². The molecule has 0 fully saturated rings. The maximum Gasteiger partial charge on any atom is -0.0149 e. The van der Waals surface area contributed by atoms with E-state index in [0.717, 1.165) is 0 Å². The Morgan fingerprint density at radius 3 is 1.53 bits per heavy atom. The summed E-state index contributed by atoms with van der Waals surface area (Å²) in [6.45, 7) is 0. The molecule has 0 unspecified atom stereocenters. The number of benzene rings is 2. The Kier molecular flexibility index (Phi) is 2.96. The van der Waals surface area contributed by atoms with Crippen LogP contribution in [0.15, 0.2) is 48.5 Å². The first kappa shape index (κ1) is 10.6. The summed E-state index contributed by atoms with van der Waals surface area (Å²) in [5.41, 5.74) is 5.93. The molecule has 2 aromatic rings. The third-order valence-electron chi connectivity index (χ3n) is 3.72. The molecule has 0 nitrogen and oxygen atoms in total. The van der Waals surface area contributed by atoms with Gasteiger partial charge in [-0.25, -0.2) is 0 Å². The normalized spacial score (nSPS) is 15.1. The van der Waals surface area contributed by atoms with Crippen molar-refractivity contribution >= 4 is 0 Å². The van der Waals surface area contributed by atoms with Gasteiger partial charge >= 0.3 is 0 Å². The Morgan fingerprint density at radius 1 is 0.529 bits per heavy atom. The molecule has 17 heavy (non-hydrogen) atoms. The molecule has 1 aliphatic rings. The first-order valence-electron chi connectivity index (χ1n) is 6.61.